The molecule has 4 rings (SSSR count). The standard InChI is InChI=1S/C15H17N7O2/c1-20-8-17-13-11(20)6-16-15(18-13)22-5-4-10-9(7-22)12(14(23)24-3)19-21(10)2/h6,8H,4-5,7H2,1-3H3. The van der Waals surface area contributed by atoms with Gasteiger partial charge in [-0.25, -0.2) is 14.8 Å². The van der Waals surface area contributed by atoms with Crippen LogP contribution >= 0.6 is 0 Å². The first kappa shape index (κ1) is 14.6. The van der Waals surface area contributed by atoms with Crippen LogP contribution in [0.4, 0.5) is 5.95 Å². The Labute approximate surface area is 137 Å². The van der Waals surface area contributed by atoms with Gasteiger partial charge in [0.1, 0.15) is 5.52 Å². The maximum Gasteiger partial charge on any atom is 0.358 e. The van der Waals surface area contributed by atoms with Crippen LogP contribution in [0, 0.1) is 0 Å². The number of methoxy groups -OCH3 is 1. The quantitative estimate of drug-likeness (QED) is 0.631. The molecular formula is C15H17N7O2. The second-order valence-electron chi connectivity index (χ2n) is 5.79. The Hall–Kier alpha value is -2.97. The molecule has 124 valence electrons. The van der Waals surface area contributed by atoms with Gasteiger partial charge in [-0.2, -0.15) is 10.1 Å². The molecule has 0 aromatic carbocycles. The highest BCUT2D eigenvalue weighted by atomic mass is 16.5. The van der Waals surface area contributed by atoms with Crippen molar-refractivity contribution in [1.82, 2.24) is 29.3 Å². The van der Waals surface area contributed by atoms with Gasteiger partial charge in [-0.1, -0.05) is 0 Å². The average Bonchev–Trinajstić information content (AvgIpc) is 3.14. The SMILES string of the molecule is COC(=O)c1nn(C)c2c1CN(c1ncc3c(ncn3C)n1)CC2. The Morgan fingerprint density at radius 2 is 2.12 bits per heavy atom. The van der Waals surface area contributed by atoms with Gasteiger partial charge in [0.15, 0.2) is 11.3 Å². The largest absolute Gasteiger partial charge is 0.464 e. The predicted molar refractivity (Wildman–Crippen MR) is 85.6 cm³/mol. The normalized spacial score (nSPS) is 14.0. The zero-order valence-electron chi connectivity index (χ0n) is 13.7. The molecule has 0 bridgehead atoms. The third-order valence-corrected chi connectivity index (χ3v) is 4.37. The number of aryl methyl sites for hydroxylation is 2. The van der Waals surface area contributed by atoms with Crippen LogP contribution in [0.25, 0.3) is 11.2 Å². The van der Waals surface area contributed by atoms with Crippen LogP contribution in [0.1, 0.15) is 21.7 Å². The average molecular weight is 327 g/mol. The summed E-state index contributed by atoms with van der Waals surface area (Å²) in [5.74, 6) is 0.182. The summed E-state index contributed by atoms with van der Waals surface area (Å²) in [5.41, 5.74) is 3.82. The molecule has 0 N–H and O–H groups in total. The van der Waals surface area contributed by atoms with E-state index in [4.69, 9.17) is 4.74 Å². The lowest BCUT2D eigenvalue weighted by atomic mass is 10.1. The smallest absolute Gasteiger partial charge is 0.358 e. The van der Waals surface area contributed by atoms with Crippen molar-refractivity contribution < 1.29 is 9.53 Å². The molecule has 0 saturated heterocycles. The Morgan fingerprint density at radius 1 is 1.29 bits per heavy atom. The van der Waals surface area contributed by atoms with Crippen molar-refractivity contribution in [3.63, 3.8) is 0 Å². The first-order valence-corrected chi connectivity index (χ1v) is 7.60. The number of rotatable bonds is 2. The lowest BCUT2D eigenvalue weighted by molar-refractivity contribution is 0.0592. The molecule has 0 spiro atoms. The monoisotopic (exact) mass is 327 g/mol. The molecule has 0 aliphatic carbocycles. The summed E-state index contributed by atoms with van der Waals surface area (Å²) in [7, 11) is 5.11. The number of hydrogen-bond donors (Lipinski definition) is 0. The minimum Gasteiger partial charge on any atom is -0.464 e. The second-order valence-corrected chi connectivity index (χ2v) is 5.79. The number of carbonyl (C=O) groups is 1. The van der Waals surface area contributed by atoms with Crippen molar-refractivity contribution in [2.75, 3.05) is 18.6 Å². The number of ether oxygens (including phenoxy) is 1. The van der Waals surface area contributed by atoms with Crippen LogP contribution < -0.4 is 4.90 Å². The highest BCUT2D eigenvalue weighted by Gasteiger charge is 2.28. The third kappa shape index (κ3) is 2.12. The first-order chi connectivity index (χ1) is 11.6. The van der Waals surface area contributed by atoms with E-state index in [0.29, 0.717) is 23.8 Å². The summed E-state index contributed by atoms with van der Waals surface area (Å²) >= 11 is 0. The molecule has 0 saturated carbocycles. The number of nitrogens with zero attached hydrogens (tertiary/aromatic N) is 7. The molecule has 0 fully saturated rings. The highest BCUT2D eigenvalue weighted by molar-refractivity contribution is 5.89. The van der Waals surface area contributed by atoms with E-state index in [-0.39, 0.29) is 0 Å². The van der Waals surface area contributed by atoms with E-state index in [2.05, 4.69) is 20.1 Å². The fraction of sp³-hybridized carbons (Fsp3) is 0.400. The Kier molecular flexibility index (Phi) is 3.22. The summed E-state index contributed by atoms with van der Waals surface area (Å²) in [4.78, 5) is 27.2. The number of imidazole rings is 1. The lowest BCUT2D eigenvalue weighted by Crippen LogP contribution is -2.32. The summed E-state index contributed by atoms with van der Waals surface area (Å²) < 4.78 is 8.47. The molecule has 0 amide bonds. The third-order valence-electron chi connectivity index (χ3n) is 4.37. The molecule has 3 aromatic rings. The summed E-state index contributed by atoms with van der Waals surface area (Å²) in [5, 5.41) is 4.30. The Balaban J connectivity index is 1.71. The summed E-state index contributed by atoms with van der Waals surface area (Å²) in [6, 6.07) is 0. The molecule has 0 unspecified atom stereocenters. The Morgan fingerprint density at radius 3 is 2.92 bits per heavy atom. The van der Waals surface area contributed by atoms with Crippen molar-refractivity contribution in [3.05, 3.63) is 29.5 Å². The molecule has 1 aliphatic heterocycles. The van der Waals surface area contributed by atoms with E-state index in [0.717, 1.165) is 29.7 Å². The van der Waals surface area contributed by atoms with Crippen LogP contribution in [0.3, 0.4) is 0 Å². The van der Waals surface area contributed by atoms with Gasteiger partial charge in [0.25, 0.3) is 0 Å². The van der Waals surface area contributed by atoms with Crippen molar-refractivity contribution >= 4 is 23.1 Å². The number of carbonyl (C=O) groups excluding carboxylic acids is 1. The lowest BCUT2D eigenvalue weighted by Gasteiger charge is -2.27. The van der Waals surface area contributed by atoms with Crippen molar-refractivity contribution in [1.29, 1.82) is 0 Å². The molecule has 1 aliphatic rings. The molecule has 0 atom stereocenters. The molecule has 9 heteroatoms. The Bertz CT molecular complexity index is 943. The van der Waals surface area contributed by atoms with Crippen molar-refractivity contribution in [3.8, 4) is 0 Å². The fourth-order valence-electron chi connectivity index (χ4n) is 3.08. The molecule has 24 heavy (non-hydrogen) atoms. The van der Waals surface area contributed by atoms with Gasteiger partial charge in [0, 0.05) is 38.3 Å². The van der Waals surface area contributed by atoms with Gasteiger partial charge in [-0.15, -0.1) is 0 Å². The van der Waals surface area contributed by atoms with Crippen LogP contribution in [-0.2, 0) is 31.8 Å². The molecule has 9 nitrogen and oxygen atoms in total. The molecule has 4 heterocycles. The minimum absolute atomic E-state index is 0.360. The topological polar surface area (TPSA) is 91.0 Å². The van der Waals surface area contributed by atoms with Crippen LogP contribution in [0.2, 0.25) is 0 Å². The second kappa shape index (κ2) is 5.29. The number of aromatic nitrogens is 6. The van der Waals surface area contributed by atoms with E-state index in [9.17, 15) is 4.79 Å². The molecule has 3 aromatic heterocycles. The maximum absolute atomic E-state index is 12.0. The zero-order chi connectivity index (χ0) is 16.8. The van der Waals surface area contributed by atoms with E-state index in [1.807, 2.05) is 23.6 Å². The maximum atomic E-state index is 12.0. The number of anilines is 1. The zero-order valence-corrected chi connectivity index (χ0v) is 13.7. The van der Waals surface area contributed by atoms with Crippen molar-refractivity contribution in [2.24, 2.45) is 14.1 Å². The molecular weight excluding hydrogens is 310 g/mol. The number of esters is 1. The van der Waals surface area contributed by atoms with Gasteiger partial charge in [-0.05, 0) is 0 Å². The van der Waals surface area contributed by atoms with Crippen LogP contribution in [-0.4, -0.2) is 48.9 Å². The van der Waals surface area contributed by atoms with Gasteiger partial charge >= 0.3 is 5.97 Å². The predicted octanol–water partition coefficient (Wildman–Crippen LogP) is 0.446. The first-order valence-electron chi connectivity index (χ1n) is 7.60. The van der Waals surface area contributed by atoms with Gasteiger partial charge in [0.05, 0.1) is 26.2 Å². The van der Waals surface area contributed by atoms with Gasteiger partial charge < -0.3 is 14.2 Å². The van der Waals surface area contributed by atoms with Crippen molar-refractivity contribution in [2.45, 2.75) is 13.0 Å². The number of fused-ring (bicyclic) bond motifs is 2. The minimum atomic E-state index is -0.421. The molecule has 0 radical (unpaired) electrons. The van der Waals surface area contributed by atoms with Crippen LogP contribution in [0.5, 0.6) is 0 Å². The highest BCUT2D eigenvalue weighted by Crippen LogP contribution is 2.25. The van der Waals surface area contributed by atoms with Crippen LogP contribution in [0.15, 0.2) is 12.5 Å². The van der Waals surface area contributed by atoms with Gasteiger partial charge in [0.2, 0.25) is 5.95 Å². The van der Waals surface area contributed by atoms with E-state index in [1.165, 1.54) is 7.11 Å². The van der Waals surface area contributed by atoms with E-state index >= 15 is 0 Å². The number of hydrogen-bond acceptors (Lipinski definition) is 7. The van der Waals surface area contributed by atoms with Gasteiger partial charge in [-0.3, -0.25) is 4.68 Å². The summed E-state index contributed by atoms with van der Waals surface area (Å²) in [6.07, 6.45) is 4.25. The summed E-state index contributed by atoms with van der Waals surface area (Å²) in [6.45, 7) is 1.28. The fourth-order valence-corrected chi connectivity index (χ4v) is 3.08. The van der Waals surface area contributed by atoms with E-state index < -0.39 is 5.97 Å². The van der Waals surface area contributed by atoms with E-state index in [1.54, 1.807) is 17.2 Å².